The molecule has 0 aliphatic heterocycles. The van der Waals surface area contributed by atoms with Crippen LogP contribution >= 0.6 is 11.6 Å². The van der Waals surface area contributed by atoms with Crippen molar-refractivity contribution in [1.29, 1.82) is 0 Å². The summed E-state index contributed by atoms with van der Waals surface area (Å²) in [4.78, 5) is 15.4. The van der Waals surface area contributed by atoms with Crippen LogP contribution in [0.5, 0.6) is 17.2 Å². The van der Waals surface area contributed by atoms with Gasteiger partial charge in [-0.15, -0.1) is 0 Å². The molecule has 0 bridgehead atoms. The third-order valence-electron chi connectivity index (χ3n) is 4.69. The second-order valence-corrected chi connectivity index (χ2v) is 6.92. The summed E-state index contributed by atoms with van der Waals surface area (Å²) < 4.78 is 32.5. The Morgan fingerprint density at radius 1 is 1.10 bits per heavy atom. The van der Waals surface area contributed by atoms with E-state index in [-0.39, 0.29) is 28.9 Å². The van der Waals surface area contributed by atoms with Crippen molar-refractivity contribution in [3.05, 3.63) is 70.9 Å². The van der Waals surface area contributed by atoms with Gasteiger partial charge >= 0.3 is 0 Å². The first-order chi connectivity index (χ1) is 15.0. The van der Waals surface area contributed by atoms with Crippen LogP contribution in [0.2, 0.25) is 5.15 Å². The molecule has 0 atom stereocenters. The van der Waals surface area contributed by atoms with Crippen LogP contribution < -0.4 is 14.2 Å². The first kappa shape index (κ1) is 20.6. The average molecular weight is 442 g/mol. The highest BCUT2D eigenvalue weighted by Gasteiger charge is 2.19. The van der Waals surface area contributed by atoms with Crippen molar-refractivity contribution < 1.29 is 23.4 Å². The molecule has 0 aliphatic rings. The molecule has 9 heteroatoms. The van der Waals surface area contributed by atoms with Gasteiger partial charge in [0.15, 0.2) is 17.9 Å². The Kier molecular flexibility index (Phi) is 5.73. The molecular formula is C22H17ClFN3O4. The molecule has 0 saturated carbocycles. The summed E-state index contributed by atoms with van der Waals surface area (Å²) in [7, 11) is 3.03. The fourth-order valence-electron chi connectivity index (χ4n) is 3.13. The third kappa shape index (κ3) is 4.02. The molecule has 158 valence electrons. The highest BCUT2D eigenvalue weighted by Crippen LogP contribution is 2.34. The first-order valence-electron chi connectivity index (χ1n) is 9.17. The van der Waals surface area contributed by atoms with Crippen molar-refractivity contribution in [2.24, 2.45) is 0 Å². The molecule has 0 unspecified atom stereocenters. The second kappa shape index (κ2) is 8.61. The molecule has 0 radical (unpaired) electrons. The van der Waals surface area contributed by atoms with E-state index < -0.39 is 5.82 Å². The van der Waals surface area contributed by atoms with Crippen molar-refractivity contribution in [1.82, 2.24) is 14.8 Å². The Morgan fingerprint density at radius 3 is 2.55 bits per heavy atom. The molecule has 2 aromatic carbocycles. The average Bonchev–Trinajstić information content (AvgIpc) is 3.16. The predicted molar refractivity (Wildman–Crippen MR) is 113 cm³/mol. The molecular weight excluding hydrogens is 425 g/mol. The number of benzene rings is 2. The van der Waals surface area contributed by atoms with Crippen LogP contribution in [-0.4, -0.2) is 35.3 Å². The third-order valence-corrected chi connectivity index (χ3v) is 4.89. The van der Waals surface area contributed by atoms with Gasteiger partial charge in [0.05, 0.1) is 19.7 Å². The Hall–Kier alpha value is -3.65. The lowest BCUT2D eigenvalue weighted by molar-refractivity contribution is 0.112. The molecule has 0 aliphatic carbocycles. The fourth-order valence-corrected chi connectivity index (χ4v) is 3.28. The predicted octanol–water partition coefficient (Wildman–Crippen LogP) is 4.62. The number of pyridine rings is 1. The lowest BCUT2D eigenvalue weighted by atomic mass is 10.2. The van der Waals surface area contributed by atoms with Crippen molar-refractivity contribution >= 4 is 28.8 Å². The molecule has 0 saturated heterocycles. The SMILES string of the molecule is COc1ccc(COc2cc(OC)c(-n3nc(C=O)c4cnc(Cl)cc43)cc2F)cc1. The van der Waals surface area contributed by atoms with Crippen LogP contribution in [0.3, 0.4) is 0 Å². The minimum Gasteiger partial charge on any atom is -0.497 e. The standard InChI is InChI=1S/C22H17ClFN3O4/c1-29-14-5-3-13(4-6-14)12-31-20-9-21(30-2)19(7-16(20)24)27-18-8-22(23)25-10-15(18)17(11-28)26-27/h3-11H,12H2,1-2H3. The molecule has 2 aromatic heterocycles. The van der Waals surface area contributed by atoms with Gasteiger partial charge in [-0.3, -0.25) is 4.79 Å². The van der Waals surface area contributed by atoms with Gasteiger partial charge in [-0.05, 0) is 17.7 Å². The topological polar surface area (TPSA) is 75.5 Å². The maximum Gasteiger partial charge on any atom is 0.171 e. The van der Waals surface area contributed by atoms with Gasteiger partial charge in [-0.25, -0.2) is 14.1 Å². The fraction of sp³-hybridized carbons (Fsp3) is 0.136. The van der Waals surface area contributed by atoms with Crippen LogP contribution in [0.15, 0.2) is 48.7 Å². The molecule has 7 nitrogen and oxygen atoms in total. The minimum absolute atomic E-state index is 0.0168. The summed E-state index contributed by atoms with van der Waals surface area (Å²) in [6.45, 7) is 0.157. The van der Waals surface area contributed by atoms with Crippen LogP contribution in [0.4, 0.5) is 4.39 Å². The number of hydrogen-bond acceptors (Lipinski definition) is 6. The molecule has 4 rings (SSSR count). The van der Waals surface area contributed by atoms with Crippen molar-refractivity contribution in [2.45, 2.75) is 6.61 Å². The smallest absolute Gasteiger partial charge is 0.171 e. The van der Waals surface area contributed by atoms with Crippen LogP contribution in [-0.2, 0) is 6.61 Å². The lowest BCUT2D eigenvalue weighted by Gasteiger charge is -2.14. The number of aldehydes is 1. The minimum atomic E-state index is -0.610. The summed E-state index contributed by atoms with van der Waals surface area (Å²) in [6.07, 6.45) is 2.05. The zero-order chi connectivity index (χ0) is 22.0. The molecule has 0 N–H and O–H groups in total. The number of rotatable bonds is 7. The van der Waals surface area contributed by atoms with Gasteiger partial charge in [-0.1, -0.05) is 23.7 Å². The molecule has 2 heterocycles. The summed E-state index contributed by atoms with van der Waals surface area (Å²) in [5.41, 5.74) is 1.78. The van der Waals surface area contributed by atoms with Crippen LogP contribution in [0.1, 0.15) is 16.1 Å². The van der Waals surface area contributed by atoms with Gasteiger partial charge in [-0.2, -0.15) is 5.10 Å². The summed E-state index contributed by atoms with van der Waals surface area (Å²) >= 11 is 6.01. The summed E-state index contributed by atoms with van der Waals surface area (Å²) in [5.74, 6) is 0.433. The molecule has 0 spiro atoms. The molecule has 4 aromatic rings. The van der Waals surface area contributed by atoms with E-state index in [0.29, 0.717) is 22.9 Å². The number of methoxy groups -OCH3 is 2. The lowest BCUT2D eigenvalue weighted by Crippen LogP contribution is -2.04. The van der Waals surface area contributed by atoms with E-state index in [1.165, 1.54) is 30.1 Å². The van der Waals surface area contributed by atoms with E-state index in [4.69, 9.17) is 25.8 Å². The number of hydrogen-bond donors (Lipinski definition) is 0. The largest absolute Gasteiger partial charge is 0.497 e. The number of ether oxygens (including phenoxy) is 3. The molecule has 0 amide bonds. The van der Waals surface area contributed by atoms with Gasteiger partial charge in [0.1, 0.15) is 34.6 Å². The number of fused-ring (bicyclic) bond motifs is 1. The van der Waals surface area contributed by atoms with Crippen molar-refractivity contribution in [2.75, 3.05) is 14.2 Å². The van der Waals surface area contributed by atoms with E-state index in [9.17, 15) is 9.18 Å². The zero-order valence-corrected chi connectivity index (χ0v) is 17.4. The van der Waals surface area contributed by atoms with Crippen molar-refractivity contribution in [3.8, 4) is 22.9 Å². The van der Waals surface area contributed by atoms with Crippen molar-refractivity contribution in [3.63, 3.8) is 0 Å². The molecule has 31 heavy (non-hydrogen) atoms. The quantitative estimate of drug-likeness (QED) is 0.307. The van der Waals surface area contributed by atoms with E-state index in [1.54, 1.807) is 25.3 Å². The Labute approximate surface area is 181 Å². The number of nitrogens with zero attached hydrogens (tertiary/aromatic N) is 3. The summed E-state index contributed by atoms with van der Waals surface area (Å²) in [5, 5.41) is 4.96. The number of halogens is 2. The van der Waals surface area contributed by atoms with E-state index in [1.807, 2.05) is 12.1 Å². The second-order valence-electron chi connectivity index (χ2n) is 6.53. The number of aromatic nitrogens is 3. The monoisotopic (exact) mass is 441 g/mol. The zero-order valence-electron chi connectivity index (χ0n) is 16.6. The Bertz CT molecular complexity index is 1260. The Balaban J connectivity index is 1.70. The van der Waals surface area contributed by atoms with Gasteiger partial charge in [0, 0.05) is 29.8 Å². The van der Waals surface area contributed by atoms with E-state index >= 15 is 0 Å². The normalized spacial score (nSPS) is 10.8. The van der Waals surface area contributed by atoms with Gasteiger partial charge < -0.3 is 14.2 Å². The Morgan fingerprint density at radius 2 is 1.87 bits per heavy atom. The number of carbonyl (C=O) groups is 1. The highest BCUT2D eigenvalue weighted by molar-refractivity contribution is 6.30. The molecule has 0 fully saturated rings. The van der Waals surface area contributed by atoms with Crippen LogP contribution in [0, 0.1) is 5.82 Å². The number of carbonyl (C=O) groups excluding carboxylic acids is 1. The van der Waals surface area contributed by atoms with Gasteiger partial charge in [0.25, 0.3) is 0 Å². The van der Waals surface area contributed by atoms with Gasteiger partial charge in [0.2, 0.25) is 0 Å². The van der Waals surface area contributed by atoms with Crippen LogP contribution in [0.25, 0.3) is 16.6 Å². The highest BCUT2D eigenvalue weighted by atomic mass is 35.5. The van der Waals surface area contributed by atoms with E-state index in [0.717, 1.165) is 11.3 Å². The maximum atomic E-state index is 14.9. The summed E-state index contributed by atoms with van der Waals surface area (Å²) in [6, 6.07) is 11.5. The maximum absolute atomic E-state index is 14.9. The first-order valence-corrected chi connectivity index (χ1v) is 9.55. The van der Waals surface area contributed by atoms with E-state index in [2.05, 4.69) is 10.1 Å².